The fourth-order valence-corrected chi connectivity index (χ4v) is 2.03. The molecule has 0 aliphatic heterocycles. The van der Waals surface area contributed by atoms with Gasteiger partial charge < -0.3 is 10.4 Å². The molecule has 2 N–H and O–H groups in total. The van der Waals surface area contributed by atoms with Gasteiger partial charge in [0, 0.05) is 19.3 Å². The van der Waals surface area contributed by atoms with Crippen molar-refractivity contribution in [1.82, 2.24) is 20.1 Å². The maximum Gasteiger partial charge on any atom is 0.254 e. The maximum atomic E-state index is 12.2. The highest BCUT2D eigenvalue weighted by atomic mass is 16.3. The van der Waals surface area contributed by atoms with Gasteiger partial charge in [0.05, 0.1) is 17.5 Å². The van der Waals surface area contributed by atoms with Gasteiger partial charge in [0.25, 0.3) is 5.91 Å². The quantitative estimate of drug-likeness (QED) is 0.840. The van der Waals surface area contributed by atoms with Gasteiger partial charge in [-0.3, -0.25) is 4.79 Å². The molecule has 1 amide bonds. The van der Waals surface area contributed by atoms with E-state index in [-0.39, 0.29) is 18.4 Å². The van der Waals surface area contributed by atoms with Crippen LogP contribution in [0, 0.1) is 12.8 Å². The second-order valence-electron chi connectivity index (χ2n) is 5.07. The molecule has 0 spiro atoms. The Morgan fingerprint density at radius 2 is 2.29 bits per heavy atom. The number of hydrogen-bond acceptors (Lipinski definition) is 4. The minimum atomic E-state index is -0.153. The Hall–Kier alpha value is -2.21. The van der Waals surface area contributed by atoms with E-state index in [1.807, 2.05) is 32.0 Å². The number of hydrogen-bond donors (Lipinski definition) is 2. The van der Waals surface area contributed by atoms with E-state index in [1.54, 1.807) is 17.1 Å². The van der Waals surface area contributed by atoms with Crippen LogP contribution in [0.5, 0.6) is 0 Å². The summed E-state index contributed by atoms with van der Waals surface area (Å²) in [5.41, 5.74) is 1.29. The number of aromatic nitrogens is 3. The third-order valence-electron chi connectivity index (χ3n) is 3.35. The predicted octanol–water partition coefficient (Wildman–Crippen LogP) is 1.32. The summed E-state index contributed by atoms with van der Waals surface area (Å²) >= 11 is 0. The Labute approximate surface area is 123 Å². The van der Waals surface area contributed by atoms with Crippen molar-refractivity contribution in [3.63, 3.8) is 0 Å². The Morgan fingerprint density at radius 1 is 1.48 bits per heavy atom. The van der Waals surface area contributed by atoms with Crippen molar-refractivity contribution in [3.8, 4) is 5.82 Å². The summed E-state index contributed by atoms with van der Waals surface area (Å²) in [6.45, 7) is 4.50. The molecule has 0 saturated carbocycles. The monoisotopic (exact) mass is 288 g/mol. The first-order valence-electron chi connectivity index (χ1n) is 6.98. The summed E-state index contributed by atoms with van der Waals surface area (Å²) in [4.78, 5) is 16.4. The van der Waals surface area contributed by atoms with Crippen LogP contribution in [0.1, 0.15) is 29.4 Å². The number of aliphatic hydroxyl groups excluding tert-OH is 1. The van der Waals surface area contributed by atoms with Crippen molar-refractivity contribution < 1.29 is 9.90 Å². The van der Waals surface area contributed by atoms with Crippen molar-refractivity contribution in [2.75, 3.05) is 13.2 Å². The standard InChI is InChI=1S/C15H20N4O2/c1-11(6-8-20)9-17-15(21)13-10-18-19(12(13)2)14-5-3-4-7-16-14/h3-5,7,10-11,20H,6,8-9H2,1-2H3,(H,17,21). The molecule has 2 heterocycles. The SMILES string of the molecule is Cc1c(C(=O)NCC(C)CCO)cnn1-c1ccccn1. The zero-order chi connectivity index (χ0) is 15.2. The van der Waals surface area contributed by atoms with Crippen molar-refractivity contribution in [3.05, 3.63) is 41.9 Å². The topological polar surface area (TPSA) is 80.0 Å². The zero-order valence-electron chi connectivity index (χ0n) is 12.3. The van der Waals surface area contributed by atoms with Crippen molar-refractivity contribution >= 4 is 5.91 Å². The van der Waals surface area contributed by atoms with Crippen molar-refractivity contribution in [1.29, 1.82) is 0 Å². The van der Waals surface area contributed by atoms with E-state index in [0.29, 0.717) is 24.3 Å². The number of nitrogens with one attached hydrogen (secondary N) is 1. The minimum absolute atomic E-state index is 0.133. The summed E-state index contributed by atoms with van der Waals surface area (Å²) in [5, 5.41) is 15.9. The van der Waals surface area contributed by atoms with E-state index < -0.39 is 0 Å². The zero-order valence-corrected chi connectivity index (χ0v) is 12.3. The Balaban J connectivity index is 2.08. The second kappa shape index (κ2) is 6.99. The van der Waals surface area contributed by atoms with Gasteiger partial charge in [-0.2, -0.15) is 5.10 Å². The maximum absolute atomic E-state index is 12.2. The number of nitrogens with zero attached hydrogens (tertiary/aromatic N) is 3. The van der Waals surface area contributed by atoms with Crippen LogP contribution in [-0.2, 0) is 0 Å². The van der Waals surface area contributed by atoms with Gasteiger partial charge in [-0.05, 0) is 31.4 Å². The molecule has 0 aromatic carbocycles. The highest BCUT2D eigenvalue weighted by molar-refractivity contribution is 5.95. The van der Waals surface area contributed by atoms with E-state index in [0.717, 1.165) is 5.69 Å². The average molecular weight is 288 g/mol. The van der Waals surface area contributed by atoms with Gasteiger partial charge in [0.1, 0.15) is 0 Å². The summed E-state index contributed by atoms with van der Waals surface area (Å²) in [5.74, 6) is 0.771. The van der Waals surface area contributed by atoms with Crippen molar-refractivity contribution in [2.24, 2.45) is 5.92 Å². The van der Waals surface area contributed by atoms with Crippen LogP contribution in [0.2, 0.25) is 0 Å². The number of amides is 1. The van der Waals surface area contributed by atoms with Gasteiger partial charge in [-0.25, -0.2) is 9.67 Å². The second-order valence-corrected chi connectivity index (χ2v) is 5.07. The van der Waals surface area contributed by atoms with Crippen LogP contribution < -0.4 is 5.32 Å². The average Bonchev–Trinajstić information content (AvgIpc) is 2.88. The third-order valence-corrected chi connectivity index (χ3v) is 3.35. The minimum Gasteiger partial charge on any atom is -0.396 e. The molecule has 6 heteroatoms. The highest BCUT2D eigenvalue weighted by Crippen LogP contribution is 2.12. The molecule has 1 unspecified atom stereocenters. The number of rotatable bonds is 6. The molecule has 0 bridgehead atoms. The molecular formula is C15H20N4O2. The summed E-state index contributed by atoms with van der Waals surface area (Å²) < 4.78 is 1.64. The van der Waals surface area contributed by atoms with Crippen molar-refractivity contribution in [2.45, 2.75) is 20.3 Å². The van der Waals surface area contributed by atoms with Gasteiger partial charge in [-0.1, -0.05) is 13.0 Å². The molecule has 0 aliphatic carbocycles. The number of carbonyl (C=O) groups excluding carboxylic acids is 1. The van der Waals surface area contributed by atoms with E-state index in [1.165, 1.54) is 0 Å². The van der Waals surface area contributed by atoms with Crippen LogP contribution in [-0.4, -0.2) is 38.9 Å². The molecule has 2 aromatic heterocycles. The molecule has 21 heavy (non-hydrogen) atoms. The predicted molar refractivity (Wildman–Crippen MR) is 79.3 cm³/mol. The Kier molecular flexibility index (Phi) is 5.05. The summed E-state index contributed by atoms with van der Waals surface area (Å²) in [7, 11) is 0. The summed E-state index contributed by atoms with van der Waals surface area (Å²) in [6, 6.07) is 5.54. The highest BCUT2D eigenvalue weighted by Gasteiger charge is 2.15. The first-order chi connectivity index (χ1) is 10.1. The Bertz CT molecular complexity index is 595. The van der Waals surface area contributed by atoms with E-state index >= 15 is 0 Å². The van der Waals surface area contributed by atoms with Crippen LogP contribution >= 0.6 is 0 Å². The fourth-order valence-electron chi connectivity index (χ4n) is 2.03. The van der Waals surface area contributed by atoms with Crippen LogP contribution in [0.3, 0.4) is 0 Å². The molecule has 0 fully saturated rings. The molecule has 6 nitrogen and oxygen atoms in total. The lowest BCUT2D eigenvalue weighted by Gasteiger charge is -2.11. The Morgan fingerprint density at radius 3 is 2.95 bits per heavy atom. The number of aliphatic hydroxyl groups is 1. The van der Waals surface area contributed by atoms with Gasteiger partial charge >= 0.3 is 0 Å². The largest absolute Gasteiger partial charge is 0.396 e. The lowest BCUT2D eigenvalue weighted by molar-refractivity contribution is 0.0945. The molecule has 0 radical (unpaired) electrons. The molecular weight excluding hydrogens is 268 g/mol. The fraction of sp³-hybridized carbons (Fsp3) is 0.400. The molecule has 1 atom stereocenters. The van der Waals surface area contributed by atoms with Gasteiger partial charge in [0.2, 0.25) is 0 Å². The van der Waals surface area contributed by atoms with E-state index in [4.69, 9.17) is 5.11 Å². The number of pyridine rings is 1. The lowest BCUT2D eigenvalue weighted by Crippen LogP contribution is -2.29. The normalized spacial score (nSPS) is 12.1. The van der Waals surface area contributed by atoms with E-state index in [9.17, 15) is 4.79 Å². The number of carbonyl (C=O) groups is 1. The summed E-state index contributed by atoms with van der Waals surface area (Å²) in [6.07, 6.45) is 3.91. The smallest absolute Gasteiger partial charge is 0.254 e. The van der Waals surface area contributed by atoms with Crippen LogP contribution in [0.15, 0.2) is 30.6 Å². The van der Waals surface area contributed by atoms with Crippen LogP contribution in [0.25, 0.3) is 5.82 Å². The first kappa shape index (κ1) is 15.2. The van der Waals surface area contributed by atoms with Crippen LogP contribution in [0.4, 0.5) is 0 Å². The molecule has 112 valence electrons. The molecule has 0 aliphatic rings. The van der Waals surface area contributed by atoms with E-state index in [2.05, 4.69) is 15.4 Å². The first-order valence-corrected chi connectivity index (χ1v) is 6.98. The molecule has 2 aromatic rings. The third kappa shape index (κ3) is 3.66. The molecule has 2 rings (SSSR count). The van der Waals surface area contributed by atoms with Gasteiger partial charge in [0.15, 0.2) is 5.82 Å². The lowest BCUT2D eigenvalue weighted by atomic mass is 10.1. The van der Waals surface area contributed by atoms with Gasteiger partial charge in [-0.15, -0.1) is 0 Å². The molecule has 0 saturated heterocycles.